The Morgan fingerprint density at radius 2 is 1.75 bits per heavy atom. The molecule has 1 amide bonds. The molecule has 0 bridgehead atoms. The van der Waals surface area contributed by atoms with Crippen LogP contribution in [0.5, 0.6) is 0 Å². The minimum Gasteiger partial charge on any atom is -0.313 e. The van der Waals surface area contributed by atoms with Crippen LogP contribution in [0.2, 0.25) is 0 Å². The third kappa shape index (κ3) is 5.58. The van der Waals surface area contributed by atoms with Crippen LogP contribution in [0.1, 0.15) is 91.9 Å². The molecule has 0 unspecified atom stereocenters. The highest BCUT2D eigenvalue weighted by Crippen LogP contribution is 2.27. The predicted octanol–water partition coefficient (Wildman–Crippen LogP) is 5.53. The van der Waals surface area contributed by atoms with Crippen molar-refractivity contribution >= 4 is 28.0 Å². The average Bonchev–Trinajstić information content (AvgIpc) is 3.17. The fraction of sp³-hybridized carbons (Fsp3) is 0.577. The first-order valence-electron chi connectivity index (χ1n) is 12.1. The van der Waals surface area contributed by atoms with Gasteiger partial charge in [-0.05, 0) is 80.0 Å². The molecule has 2 aliphatic carbocycles. The van der Waals surface area contributed by atoms with Gasteiger partial charge in [0.25, 0.3) is 11.5 Å². The molecule has 4 rings (SSSR count). The van der Waals surface area contributed by atoms with E-state index in [1.165, 1.54) is 61.8 Å². The molecular weight excluding hydrogens is 420 g/mol. The lowest BCUT2D eigenvalue weighted by Crippen LogP contribution is -2.34. The van der Waals surface area contributed by atoms with E-state index in [4.69, 9.17) is 0 Å². The lowest BCUT2D eigenvalue weighted by atomic mass is 9.88. The van der Waals surface area contributed by atoms with Gasteiger partial charge in [0, 0.05) is 18.7 Å². The topological polar surface area (TPSA) is 68.2 Å². The van der Waals surface area contributed by atoms with Crippen molar-refractivity contribution in [1.82, 2.24) is 4.57 Å². The number of ketones is 1. The number of Topliss-reactive ketones (excluding diaryl/α,β-unsaturated/α-hetero) is 1. The second-order valence-corrected chi connectivity index (χ2v) is 10.4. The van der Waals surface area contributed by atoms with E-state index in [0.717, 1.165) is 43.5 Å². The maximum absolute atomic E-state index is 13.6. The van der Waals surface area contributed by atoms with Gasteiger partial charge in [-0.1, -0.05) is 32.1 Å². The first-order chi connectivity index (χ1) is 15.5. The Morgan fingerprint density at radius 3 is 2.50 bits per heavy atom. The number of hydrogen-bond acceptors (Lipinski definition) is 4. The number of carbonyl (C=O) groups is 2. The highest BCUT2D eigenvalue weighted by atomic mass is 32.1. The molecule has 1 N–H and O–H groups in total. The van der Waals surface area contributed by atoms with E-state index in [9.17, 15) is 14.4 Å². The molecule has 6 heteroatoms. The van der Waals surface area contributed by atoms with Crippen molar-refractivity contribution in [2.24, 2.45) is 5.92 Å². The molecule has 1 fully saturated rings. The number of amides is 1. The number of anilines is 1. The number of hydrogen-bond donors (Lipinski definition) is 1. The Kier molecular flexibility index (Phi) is 7.61. The summed E-state index contributed by atoms with van der Waals surface area (Å²) in [6, 6.07) is 3.69. The van der Waals surface area contributed by atoms with Crippen LogP contribution in [-0.2, 0) is 30.6 Å². The molecule has 2 aromatic heterocycles. The summed E-state index contributed by atoms with van der Waals surface area (Å²) < 4.78 is 1.96. The Morgan fingerprint density at radius 1 is 1.03 bits per heavy atom. The third-order valence-electron chi connectivity index (χ3n) is 6.85. The molecule has 0 radical (unpaired) electrons. The molecule has 2 aliphatic rings. The van der Waals surface area contributed by atoms with Gasteiger partial charge < -0.3 is 9.88 Å². The van der Waals surface area contributed by atoms with E-state index >= 15 is 0 Å². The number of aryl methyl sites for hydroxylation is 1. The Balaban J connectivity index is 1.64. The van der Waals surface area contributed by atoms with Crippen LogP contribution in [0.4, 0.5) is 5.00 Å². The van der Waals surface area contributed by atoms with Crippen LogP contribution in [-0.4, -0.2) is 16.3 Å². The monoisotopic (exact) mass is 454 g/mol. The van der Waals surface area contributed by atoms with Gasteiger partial charge in [-0.15, -0.1) is 11.3 Å². The number of aromatic nitrogens is 1. The summed E-state index contributed by atoms with van der Waals surface area (Å²) in [6.45, 7) is 2.30. The molecule has 1 saturated carbocycles. The van der Waals surface area contributed by atoms with E-state index in [2.05, 4.69) is 5.32 Å². The second kappa shape index (κ2) is 10.6. The first-order valence-corrected chi connectivity index (χ1v) is 13.0. The zero-order chi connectivity index (χ0) is 22.5. The number of fused-ring (bicyclic) bond motifs is 1. The number of rotatable bonds is 6. The van der Waals surface area contributed by atoms with E-state index in [-0.39, 0.29) is 22.8 Å². The molecular formula is C26H34N2O3S. The SMILES string of the molecule is CC(=O)Cc1csc(NC(=O)c2cc3c(n(CC4CCCCC4)c2=O)CCCCCC3)c1. The van der Waals surface area contributed by atoms with E-state index in [1.807, 2.05) is 22.1 Å². The van der Waals surface area contributed by atoms with Gasteiger partial charge in [0.15, 0.2) is 0 Å². The van der Waals surface area contributed by atoms with Gasteiger partial charge in [-0.25, -0.2) is 0 Å². The summed E-state index contributed by atoms with van der Waals surface area (Å²) in [5, 5.41) is 5.48. The molecule has 0 aliphatic heterocycles. The van der Waals surface area contributed by atoms with Gasteiger partial charge in [-0.2, -0.15) is 0 Å². The average molecular weight is 455 g/mol. The fourth-order valence-electron chi connectivity index (χ4n) is 5.22. The van der Waals surface area contributed by atoms with Crippen LogP contribution in [0.15, 0.2) is 22.3 Å². The normalized spacial score (nSPS) is 17.3. The van der Waals surface area contributed by atoms with Crippen molar-refractivity contribution in [2.45, 2.75) is 90.5 Å². The smallest absolute Gasteiger partial charge is 0.263 e. The van der Waals surface area contributed by atoms with E-state index in [1.54, 1.807) is 6.92 Å². The molecule has 172 valence electrons. The minimum absolute atomic E-state index is 0.0907. The Bertz CT molecular complexity index is 1030. The van der Waals surface area contributed by atoms with Crippen LogP contribution in [0, 0.1) is 5.92 Å². The second-order valence-electron chi connectivity index (χ2n) is 9.52. The summed E-state index contributed by atoms with van der Waals surface area (Å²) in [6.07, 6.45) is 13.0. The summed E-state index contributed by atoms with van der Waals surface area (Å²) in [5.74, 6) is 0.280. The lowest BCUT2D eigenvalue weighted by molar-refractivity contribution is -0.116. The molecule has 2 heterocycles. The molecule has 0 spiro atoms. The summed E-state index contributed by atoms with van der Waals surface area (Å²) in [7, 11) is 0. The minimum atomic E-state index is -0.339. The van der Waals surface area contributed by atoms with Crippen molar-refractivity contribution in [3.63, 3.8) is 0 Å². The Labute approximate surface area is 194 Å². The standard InChI is InChI=1S/C26H34N2O3S/c1-18(29)13-20-14-24(32-17-20)27-25(30)22-15-21-11-7-2-3-8-12-23(21)28(26(22)31)16-19-9-5-4-6-10-19/h14-15,17,19H,2-13,16H2,1H3,(H,27,30). The zero-order valence-electron chi connectivity index (χ0n) is 19.1. The van der Waals surface area contributed by atoms with Gasteiger partial charge in [0.2, 0.25) is 0 Å². The van der Waals surface area contributed by atoms with Gasteiger partial charge in [0.1, 0.15) is 11.3 Å². The number of pyridine rings is 1. The van der Waals surface area contributed by atoms with E-state index in [0.29, 0.717) is 17.3 Å². The molecule has 0 aromatic carbocycles. The van der Waals surface area contributed by atoms with Crippen molar-refractivity contribution in [3.8, 4) is 0 Å². The summed E-state index contributed by atoms with van der Waals surface area (Å²) >= 11 is 1.39. The van der Waals surface area contributed by atoms with Crippen LogP contribution in [0.3, 0.4) is 0 Å². The predicted molar refractivity (Wildman–Crippen MR) is 130 cm³/mol. The van der Waals surface area contributed by atoms with Gasteiger partial charge in [-0.3, -0.25) is 14.4 Å². The quantitative estimate of drug-likeness (QED) is 0.624. The van der Waals surface area contributed by atoms with E-state index < -0.39 is 0 Å². The molecule has 32 heavy (non-hydrogen) atoms. The fourth-order valence-corrected chi connectivity index (χ4v) is 6.02. The van der Waals surface area contributed by atoms with Gasteiger partial charge in [0.05, 0.1) is 5.00 Å². The van der Waals surface area contributed by atoms with Gasteiger partial charge >= 0.3 is 0 Å². The number of nitrogens with one attached hydrogen (secondary N) is 1. The number of nitrogens with zero attached hydrogens (tertiary/aromatic N) is 1. The maximum atomic E-state index is 13.6. The first kappa shape index (κ1) is 23.0. The van der Waals surface area contributed by atoms with Crippen molar-refractivity contribution in [2.75, 3.05) is 5.32 Å². The molecule has 5 nitrogen and oxygen atoms in total. The highest BCUT2D eigenvalue weighted by Gasteiger charge is 2.23. The Hall–Kier alpha value is -2.21. The molecule has 0 atom stereocenters. The van der Waals surface area contributed by atoms with Crippen molar-refractivity contribution in [1.29, 1.82) is 0 Å². The highest BCUT2D eigenvalue weighted by molar-refractivity contribution is 7.14. The zero-order valence-corrected chi connectivity index (χ0v) is 19.9. The molecule has 0 saturated heterocycles. The van der Waals surface area contributed by atoms with Crippen molar-refractivity contribution in [3.05, 3.63) is 50.3 Å². The summed E-state index contributed by atoms with van der Waals surface area (Å²) in [4.78, 5) is 38.1. The van der Waals surface area contributed by atoms with Crippen molar-refractivity contribution < 1.29 is 9.59 Å². The molecule has 2 aromatic rings. The largest absolute Gasteiger partial charge is 0.313 e. The van der Waals surface area contributed by atoms with Crippen LogP contribution < -0.4 is 10.9 Å². The number of carbonyl (C=O) groups excluding carboxylic acids is 2. The maximum Gasteiger partial charge on any atom is 0.263 e. The lowest BCUT2D eigenvalue weighted by Gasteiger charge is -2.26. The summed E-state index contributed by atoms with van der Waals surface area (Å²) in [5.41, 5.74) is 3.34. The van der Waals surface area contributed by atoms with Crippen LogP contribution >= 0.6 is 11.3 Å². The third-order valence-corrected chi connectivity index (χ3v) is 7.75. The number of thiophene rings is 1. The van der Waals surface area contributed by atoms with Crippen LogP contribution in [0.25, 0.3) is 0 Å².